The van der Waals surface area contributed by atoms with E-state index in [0.717, 1.165) is 0 Å². The molecule has 0 unspecified atom stereocenters. The Kier molecular flexibility index (Phi) is 7.09. The van der Waals surface area contributed by atoms with Gasteiger partial charge in [-0.1, -0.05) is 6.92 Å². The van der Waals surface area contributed by atoms with E-state index >= 15 is 0 Å². The fraction of sp³-hybridized carbons (Fsp3) is 1.00. The number of ether oxygens (including phenoxy) is 1. The van der Waals surface area contributed by atoms with Crippen LogP contribution < -0.4 is 4.72 Å². The zero-order valence-corrected chi connectivity index (χ0v) is 10.6. The van der Waals surface area contributed by atoms with Gasteiger partial charge >= 0.3 is 0 Å². The molecule has 0 bridgehead atoms. The van der Waals surface area contributed by atoms with Crippen molar-refractivity contribution >= 4 is 10.0 Å². The molecule has 7 heteroatoms. The first-order valence-electron chi connectivity index (χ1n) is 5.17. The maximum absolute atomic E-state index is 11.6. The third kappa shape index (κ3) is 5.22. The largest absolute Gasteiger partial charge is 0.394 e. The fourth-order valence-corrected chi connectivity index (χ4v) is 2.72. The molecule has 0 fully saturated rings. The van der Waals surface area contributed by atoms with Crippen LogP contribution in [0.3, 0.4) is 0 Å². The summed E-state index contributed by atoms with van der Waals surface area (Å²) in [5, 5.41) is 18.2. The summed E-state index contributed by atoms with van der Waals surface area (Å²) in [6, 6.07) is 0. The minimum absolute atomic E-state index is 0.0808. The Morgan fingerprint density at radius 1 is 1.31 bits per heavy atom. The van der Waals surface area contributed by atoms with E-state index in [2.05, 4.69) is 4.72 Å². The highest BCUT2D eigenvalue weighted by molar-refractivity contribution is 7.89. The third-order valence-electron chi connectivity index (χ3n) is 2.42. The van der Waals surface area contributed by atoms with Crippen LogP contribution in [0, 0.1) is 0 Å². The van der Waals surface area contributed by atoms with Crippen LogP contribution >= 0.6 is 0 Å². The van der Waals surface area contributed by atoms with Crippen molar-refractivity contribution in [3.05, 3.63) is 0 Å². The third-order valence-corrected chi connectivity index (χ3v) is 3.99. The van der Waals surface area contributed by atoms with Crippen molar-refractivity contribution in [3.8, 4) is 0 Å². The second-order valence-electron chi connectivity index (χ2n) is 3.72. The van der Waals surface area contributed by atoms with Gasteiger partial charge in [0.1, 0.15) is 0 Å². The van der Waals surface area contributed by atoms with Gasteiger partial charge in [0, 0.05) is 13.7 Å². The molecule has 0 rings (SSSR count). The molecule has 98 valence electrons. The van der Waals surface area contributed by atoms with Crippen molar-refractivity contribution in [2.24, 2.45) is 0 Å². The molecule has 3 N–H and O–H groups in total. The van der Waals surface area contributed by atoms with Crippen LogP contribution in [0.25, 0.3) is 0 Å². The highest BCUT2D eigenvalue weighted by atomic mass is 32.2. The monoisotopic (exact) mass is 255 g/mol. The van der Waals surface area contributed by atoms with Crippen LogP contribution in [0.2, 0.25) is 0 Å². The number of sulfonamides is 1. The zero-order chi connectivity index (χ0) is 12.7. The lowest BCUT2D eigenvalue weighted by molar-refractivity contribution is 0.105. The minimum atomic E-state index is -3.50. The topological polar surface area (TPSA) is 95.9 Å². The maximum Gasteiger partial charge on any atom is 0.212 e. The van der Waals surface area contributed by atoms with Crippen molar-refractivity contribution in [2.45, 2.75) is 25.3 Å². The Morgan fingerprint density at radius 3 is 2.25 bits per heavy atom. The van der Waals surface area contributed by atoms with Gasteiger partial charge in [0.05, 0.1) is 24.5 Å². The first kappa shape index (κ1) is 15.8. The fourth-order valence-electron chi connectivity index (χ4n) is 1.18. The molecule has 0 aromatic carbocycles. The summed E-state index contributed by atoms with van der Waals surface area (Å²) >= 11 is 0. The number of nitrogens with one attached hydrogen (secondary N) is 1. The molecule has 6 nitrogen and oxygen atoms in total. The number of rotatable bonds is 9. The summed E-state index contributed by atoms with van der Waals surface area (Å²) in [5.74, 6) is -0.0808. The number of methoxy groups -OCH3 is 1. The first-order chi connectivity index (χ1) is 7.45. The molecule has 0 saturated carbocycles. The Balaban J connectivity index is 4.42. The van der Waals surface area contributed by atoms with Gasteiger partial charge in [-0.3, -0.25) is 0 Å². The Hall–Kier alpha value is -0.210. The number of hydrogen-bond acceptors (Lipinski definition) is 5. The molecule has 0 radical (unpaired) electrons. The van der Waals surface area contributed by atoms with Gasteiger partial charge in [-0.2, -0.15) is 0 Å². The molecule has 0 aromatic rings. The van der Waals surface area contributed by atoms with Crippen LogP contribution in [-0.4, -0.2) is 56.9 Å². The molecule has 16 heavy (non-hydrogen) atoms. The highest BCUT2D eigenvalue weighted by Gasteiger charge is 2.31. The molecule has 0 aliphatic carbocycles. The summed E-state index contributed by atoms with van der Waals surface area (Å²) in [4.78, 5) is 0. The van der Waals surface area contributed by atoms with E-state index in [1.165, 1.54) is 7.11 Å². The van der Waals surface area contributed by atoms with E-state index in [-0.39, 0.29) is 5.75 Å². The van der Waals surface area contributed by atoms with E-state index < -0.39 is 28.8 Å². The molecule has 0 amide bonds. The predicted octanol–water partition coefficient (Wildman–Crippen LogP) is -0.924. The smallest absolute Gasteiger partial charge is 0.212 e. The molecule has 0 heterocycles. The van der Waals surface area contributed by atoms with Crippen LogP contribution in [0.15, 0.2) is 0 Å². The number of aliphatic hydroxyl groups excluding tert-OH is 2. The lowest BCUT2D eigenvalue weighted by Gasteiger charge is -2.29. The average molecular weight is 255 g/mol. The molecule has 0 atom stereocenters. The van der Waals surface area contributed by atoms with E-state index in [4.69, 9.17) is 14.9 Å². The molecule has 0 aromatic heterocycles. The van der Waals surface area contributed by atoms with Gasteiger partial charge in [0.15, 0.2) is 0 Å². The van der Waals surface area contributed by atoms with Crippen LogP contribution in [0.4, 0.5) is 0 Å². The quantitative estimate of drug-likeness (QED) is 0.463. The lowest BCUT2D eigenvalue weighted by Crippen LogP contribution is -2.54. The van der Waals surface area contributed by atoms with Crippen LogP contribution in [0.1, 0.15) is 19.8 Å². The minimum Gasteiger partial charge on any atom is -0.394 e. The van der Waals surface area contributed by atoms with Gasteiger partial charge in [-0.15, -0.1) is 0 Å². The average Bonchev–Trinajstić information content (AvgIpc) is 2.26. The standard InChI is InChI=1S/C9H21NO5S/c1-3-9(7-11,8-12)10-16(13,14)6-4-5-15-2/h10-12H,3-8H2,1-2H3. The Morgan fingerprint density at radius 2 is 1.88 bits per heavy atom. The maximum atomic E-state index is 11.6. The van der Waals surface area contributed by atoms with Gasteiger partial charge < -0.3 is 14.9 Å². The van der Waals surface area contributed by atoms with E-state index in [9.17, 15) is 8.42 Å². The van der Waals surface area contributed by atoms with Crippen LogP contribution in [0.5, 0.6) is 0 Å². The van der Waals surface area contributed by atoms with Crippen LogP contribution in [-0.2, 0) is 14.8 Å². The van der Waals surface area contributed by atoms with Crippen molar-refractivity contribution in [1.82, 2.24) is 4.72 Å². The van der Waals surface area contributed by atoms with Crippen molar-refractivity contribution < 1.29 is 23.4 Å². The summed E-state index contributed by atoms with van der Waals surface area (Å²) in [6.45, 7) is 1.20. The van der Waals surface area contributed by atoms with E-state index in [1.54, 1.807) is 6.92 Å². The molecule has 0 aliphatic rings. The van der Waals surface area contributed by atoms with Gasteiger partial charge in [-0.05, 0) is 12.8 Å². The zero-order valence-electron chi connectivity index (χ0n) is 9.77. The summed E-state index contributed by atoms with van der Waals surface area (Å²) in [6.07, 6.45) is 0.700. The second kappa shape index (κ2) is 7.18. The SMILES string of the molecule is CCC(CO)(CO)NS(=O)(=O)CCCOC. The highest BCUT2D eigenvalue weighted by Crippen LogP contribution is 2.10. The van der Waals surface area contributed by atoms with Crippen molar-refractivity contribution in [1.29, 1.82) is 0 Å². The van der Waals surface area contributed by atoms with Gasteiger partial charge in [0.2, 0.25) is 10.0 Å². The van der Waals surface area contributed by atoms with E-state index in [0.29, 0.717) is 19.4 Å². The summed E-state index contributed by atoms with van der Waals surface area (Å²) in [5.41, 5.74) is -1.16. The van der Waals surface area contributed by atoms with Crippen molar-refractivity contribution in [3.63, 3.8) is 0 Å². The predicted molar refractivity (Wildman–Crippen MR) is 60.6 cm³/mol. The molecule has 0 saturated heterocycles. The van der Waals surface area contributed by atoms with Gasteiger partial charge in [0.25, 0.3) is 0 Å². The summed E-state index contributed by atoms with van der Waals surface area (Å²) in [7, 11) is -2.00. The van der Waals surface area contributed by atoms with E-state index in [1.807, 2.05) is 0 Å². The molecule has 0 spiro atoms. The Bertz CT molecular complexity index is 265. The van der Waals surface area contributed by atoms with Crippen molar-refractivity contribution in [2.75, 3.05) is 32.7 Å². The van der Waals surface area contributed by atoms with Gasteiger partial charge in [-0.25, -0.2) is 13.1 Å². The molecular weight excluding hydrogens is 234 g/mol. The summed E-state index contributed by atoms with van der Waals surface area (Å²) < 4.78 is 30.3. The lowest BCUT2D eigenvalue weighted by atomic mass is 10.0. The molecular formula is C9H21NO5S. The number of hydrogen-bond donors (Lipinski definition) is 3. The molecule has 0 aliphatic heterocycles. The Labute approximate surface area is 96.7 Å². The normalized spacial score (nSPS) is 13.0. The second-order valence-corrected chi connectivity index (χ2v) is 5.56. The number of aliphatic hydroxyl groups is 2. The first-order valence-corrected chi connectivity index (χ1v) is 6.83.